The summed E-state index contributed by atoms with van der Waals surface area (Å²) in [4.78, 5) is 26.8. The summed E-state index contributed by atoms with van der Waals surface area (Å²) < 4.78 is 0. The molecule has 0 saturated heterocycles. The summed E-state index contributed by atoms with van der Waals surface area (Å²) in [7, 11) is 1.53. The average Bonchev–Trinajstić information content (AvgIpc) is 2.75. The molecular weight excluding hydrogens is 214 g/mol. The zero-order chi connectivity index (χ0) is 12.0. The van der Waals surface area contributed by atoms with Crippen molar-refractivity contribution in [3.63, 3.8) is 0 Å². The number of carboxylic acid groups (broad SMARTS) is 1. The smallest absolute Gasteiger partial charge is 0.317 e. The van der Waals surface area contributed by atoms with E-state index in [0.717, 1.165) is 0 Å². The van der Waals surface area contributed by atoms with Crippen LogP contribution in [0.1, 0.15) is 12.2 Å². The van der Waals surface area contributed by atoms with Crippen molar-refractivity contribution in [1.29, 1.82) is 0 Å². The van der Waals surface area contributed by atoms with E-state index in [1.54, 1.807) is 0 Å². The highest BCUT2D eigenvalue weighted by molar-refractivity contribution is 5.74. The summed E-state index contributed by atoms with van der Waals surface area (Å²) in [6.45, 7) is 0.397. The van der Waals surface area contributed by atoms with E-state index in [0.29, 0.717) is 5.82 Å². The lowest BCUT2D eigenvalue weighted by atomic mass is 10.4. The maximum atomic E-state index is 11.4. The van der Waals surface area contributed by atoms with Gasteiger partial charge in [0.1, 0.15) is 12.2 Å². The number of aromatic amines is 1. The number of carboxylic acids is 1. The molecule has 0 aliphatic heterocycles. The van der Waals surface area contributed by atoms with Gasteiger partial charge in [-0.05, 0) is 0 Å². The van der Waals surface area contributed by atoms with Gasteiger partial charge in [0.2, 0.25) is 0 Å². The predicted octanol–water partition coefficient (Wildman–Crippen LogP) is -0.579. The molecule has 0 aliphatic rings. The van der Waals surface area contributed by atoms with Crippen molar-refractivity contribution >= 4 is 12.0 Å². The monoisotopic (exact) mass is 227 g/mol. The number of nitrogens with one attached hydrogen (secondary N) is 2. The maximum Gasteiger partial charge on any atom is 0.317 e. The predicted molar refractivity (Wildman–Crippen MR) is 53.5 cm³/mol. The van der Waals surface area contributed by atoms with E-state index in [9.17, 15) is 9.59 Å². The zero-order valence-corrected chi connectivity index (χ0v) is 8.80. The molecule has 0 aromatic carbocycles. The van der Waals surface area contributed by atoms with E-state index in [2.05, 4.69) is 20.5 Å². The number of amides is 2. The van der Waals surface area contributed by atoms with E-state index in [1.807, 2.05) is 0 Å². The quantitative estimate of drug-likeness (QED) is 0.623. The maximum absolute atomic E-state index is 11.4. The molecule has 88 valence electrons. The Balaban J connectivity index is 2.26. The van der Waals surface area contributed by atoms with Crippen molar-refractivity contribution in [2.45, 2.75) is 13.0 Å². The molecule has 1 rings (SSSR count). The van der Waals surface area contributed by atoms with Gasteiger partial charge in [-0.15, -0.1) is 0 Å². The van der Waals surface area contributed by atoms with E-state index in [1.165, 1.54) is 18.3 Å². The molecular formula is C8H13N5O3. The topological polar surface area (TPSA) is 111 Å². The molecule has 0 unspecified atom stereocenters. The van der Waals surface area contributed by atoms with Gasteiger partial charge in [0.25, 0.3) is 0 Å². The van der Waals surface area contributed by atoms with Crippen molar-refractivity contribution in [1.82, 2.24) is 25.4 Å². The van der Waals surface area contributed by atoms with Crippen molar-refractivity contribution < 1.29 is 14.7 Å². The molecule has 0 atom stereocenters. The summed E-state index contributed by atoms with van der Waals surface area (Å²) in [5.74, 6) is -0.394. The Bertz CT molecular complexity index is 351. The fraction of sp³-hybridized carbons (Fsp3) is 0.500. The summed E-state index contributed by atoms with van der Waals surface area (Å²) in [5, 5.41) is 17.2. The molecule has 1 heterocycles. The Morgan fingerprint density at radius 3 is 2.94 bits per heavy atom. The first-order chi connectivity index (χ1) is 7.59. The van der Waals surface area contributed by atoms with Crippen LogP contribution in [0, 0.1) is 0 Å². The lowest BCUT2D eigenvalue weighted by Gasteiger charge is -2.16. The van der Waals surface area contributed by atoms with Crippen molar-refractivity contribution in [3.05, 3.63) is 12.2 Å². The summed E-state index contributed by atoms with van der Waals surface area (Å²) in [5.41, 5.74) is 0. The standard InChI is InChI=1S/C8H13N5O3/c1-13(3-2-7(14)15)8(16)9-4-6-10-5-11-12-6/h5H,2-4H2,1H3,(H,9,16)(H,14,15)(H,10,11,12). The van der Waals surface area contributed by atoms with E-state index < -0.39 is 5.97 Å². The molecule has 0 radical (unpaired) electrons. The third-order valence-electron chi connectivity index (χ3n) is 1.88. The molecule has 8 nitrogen and oxygen atoms in total. The van der Waals surface area contributed by atoms with Gasteiger partial charge in [0, 0.05) is 13.6 Å². The first kappa shape index (κ1) is 12.0. The minimum absolute atomic E-state index is 0.0772. The van der Waals surface area contributed by atoms with Gasteiger partial charge in [-0.25, -0.2) is 9.78 Å². The van der Waals surface area contributed by atoms with Crippen LogP contribution in [0.2, 0.25) is 0 Å². The minimum atomic E-state index is -0.935. The highest BCUT2D eigenvalue weighted by atomic mass is 16.4. The number of aliphatic carboxylic acids is 1. The number of hydrogen-bond acceptors (Lipinski definition) is 4. The Morgan fingerprint density at radius 2 is 2.38 bits per heavy atom. The fourth-order valence-electron chi connectivity index (χ4n) is 0.975. The Kier molecular flexibility index (Phi) is 4.25. The van der Waals surface area contributed by atoms with Gasteiger partial charge < -0.3 is 15.3 Å². The van der Waals surface area contributed by atoms with E-state index in [-0.39, 0.29) is 25.5 Å². The fourth-order valence-corrected chi connectivity index (χ4v) is 0.975. The van der Waals surface area contributed by atoms with Gasteiger partial charge in [-0.3, -0.25) is 9.89 Å². The normalized spacial score (nSPS) is 9.81. The van der Waals surface area contributed by atoms with Crippen molar-refractivity contribution in [2.75, 3.05) is 13.6 Å². The summed E-state index contributed by atoms with van der Waals surface area (Å²) in [6, 6.07) is -0.349. The number of carbonyl (C=O) groups excluding carboxylic acids is 1. The Hall–Kier alpha value is -2.12. The molecule has 0 saturated carbocycles. The first-order valence-corrected chi connectivity index (χ1v) is 4.64. The van der Waals surface area contributed by atoms with E-state index >= 15 is 0 Å². The SMILES string of the molecule is CN(CCC(=O)O)C(=O)NCc1ncn[nH]1. The largest absolute Gasteiger partial charge is 0.481 e. The Morgan fingerprint density at radius 1 is 1.62 bits per heavy atom. The van der Waals surface area contributed by atoms with Crippen molar-refractivity contribution in [3.8, 4) is 0 Å². The highest BCUT2D eigenvalue weighted by Crippen LogP contribution is 1.90. The van der Waals surface area contributed by atoms with Crippen LogP contribution in [0.3, 0.4) is 0 Å². The molecule has 8 heteroatoms. The molecule has 1 aromatic rings. The molecule has 2 amide bonds. The van der Waals surface area contributed by atoms with Gasteiger partial charge in [0.05, 0.1) is 13.0 Å². The highest BCUT2D eigenvalue weighted by Gasteiger charge is 2.09. The van der Waals surface area contributed by atoms with Gasteiger partial charge in [0.15, 0.2) is 0 Å². The number of hydrogen-bond donors (Lipinski definition) is 3. The van der Waals surface area contributed by atoms with Gasteiger partial charge in [-0.1, -0.05) is 0 Å². The number of rotatable bonds is 5. The van der Waals surface area contributed by atoms with Gasteiger partial charge in [-0.2, -0.15) is 5.10 Å². The summed E-state index contributed by atoms with van der Waals surface area (Å²) in [6.07, 6.45) is 1.27. The minimum Gasteiger partial charge on any atom is -0.481 e. The van der Waals surface area contributed by atoms with E-state index in [4.69, 9.17) is 5.11 Å². The lowest BCUT2D eigenvalue weighted by Crippen LogP contribution is -2.38. The molecule has 0 fully saturated rings. The van der Waals surface area contributed by atoms with Crippen LogP contribution in [-0.4, -0.2) is 50.8 Å². The average molecular weight is 227 g/mol. The second kappa shape index (κ2) is 5.69. The van der Waals surface area contributed by atoms with Crippen molar-refractivity contribution in [2.24, 2.45) is 0 Å². The number of carbonyl (C=O) groups is 2. The van der Waals surface area contributed by atoms with Crippen LogP contribution in [0.15, 0.2) is 6.33 Å². The molecule has 16 heavy (non-hydrogen) atoms. The van der Waals surface area contributed by atoms with Crippen LogP contribution >= 0.6 is 0 Å². The number of aromatic nitrogens is 3. The lowest BCUT2D eigenvalue weighted by molar-refractivity contribution is -0.137. The molecule has 0 aliphatic carbocycles. The van der Waals surface area contributed by atoms with Gasteiger partial charge >= 0.3 is 12.0 Å². The third-order valence-corrected chi connectivity index (χ3v) is 1.88. The van der Waals surface area contributed by atoms with Crippen LogP contribution in [0.5, 0.6) is 0 Å². The second-order valence-electron chi connectivity index (χ2n) is 3.16. The third kappa shape index (κ3) is 3.95. The number of H-pyrrole nitrogens is 1. The molecule has 3 N–H and O–H groups in total. The number of nitrogens with zero attached hydrogens (tertiary/aromatic N) is 3. The van der Waals surface area contributed by atoms with Crippen LogP contribution < -0.4 is 5.32 Å². The van der Waals surface area contributed by atoms with Crippen LogP contribution in [0.4, 0.5) is 4.79 Å². The zero-order valence-electron chi connectivity index (χ0n) is 8.80. The molecule has 1 aromatic heterocycles. The molecule has 0 bridgehead atoms. The Labute approximate surface area is 91.7 Å². The van der Waals surface area contributed by atoms with Crippen LogP contribution in [0.25, 0.3) is 0 Å². The second-order valence-corrected chi connectivity index (χ2v) is 3.16. The summed E-state index contributed by atoms with van der Waals surface area (Å²) >= 11 is 0. The first-order valence-electron chi connectivity index (χ1n) is 4.64. The van der Waals surface area contributed by atoms with Crippen LogP contribution in [-0.2, 0) is 11.3 Å². The number of urea groups is 1. The molecule has 0 spiro atoms.